The first-order valence-corrected chi connectivity index (χ1v) is 9.87. The summed E-state index contributed by atoms with van der Waals surface area (Å²) >= 11 is 0. The van der Waals surface area contributed by atoms with Crippen LogP contribution in [0.25, 0.3) is 0 Å². The van der Waals surface area contributed by atoms with Gasteiger partial charge in [-0.05, 0) is 32.7 Å². The molecule has 1 aromatic rings. The fraction of sp³-hybridized carbons (Fsp3) is 0.611. The van der Waals surface area contributed by atoms with E-state index in [1.54, 1.807) is 0 Å². The number of carboxylic acids is 1. The van der Waals surface area contributed by atoms with Crippen LogP contribution in [0.1, 0.15) is 31.9 Å². The molecule has 0 radical (unpaired) electrons. The van der Waals surface area contributed by atoms with E-state index in [0.717, 1.165) is 0 Å². The van der Waals surface area contributed by atoms with E-state index in [4.69, 9.17) is 11.5 Å². The number of carbonyl (C=O) groups excluding carboxylic acids is 3. The Balaban J connectivity index is 2.88. The number of nitrogens with two attached hydrogens (primary N) is 2. The van der Waals surface area contributed by atoms with Crippen molar-refractivity contribution in [2.24, 2.45) is 11.5 Å². The van der Waals surface area contributed by atoms with Gasteiger partial charge in [0.05, 0.1) is 19.0 Å². The zero-order chi connectivity index (χ0) is 23.4. The molecule has 0 aliphatic heterocycles. The number of aromatic amines is 1. The van der Waals surface area contributed by atoms with Gasteiger partial charge in [0.2, 0.25) is 17.7 Å². The summed E-state index contributed by atoms with van der Waals surface area (Å²) in [6.45, 7) is 1.31. The summed E-state index contributed by atoms with van der Waals surface area (Å²) in [5.74, 6) is -3.46. The molecular weight excluding hydrogens is 410 g/mol. The molecule has 1 rings (SSSR count). The highest BCUT2D eigenvalue weighted by molar-refractivity contribution is 5.94. The van der Waals surface area contributed by atoms with E-state index in [1.165, 1.54) is 19.4 Å². The highest BCUT2D eigenvalue weighted by Crippen LogP contribution is 2.05. The predicted octanol–water partition coefficient (Wildman–Crippen LogP) is -3.04. The maximum Gasteiger partial charge on any atom is 0.326 e. The van der Waals surface area contributed by atoms with Crippen LogP contribution in [-0.4, -0.2) is 81.2 Å². The number of aliphatic hydroxyl groups is 1. The van der Waals surface area contributed by atoms with Gasteiger partial charge in [0.15, 0.2) is 0 Å². The summed E-state index contributed by atoms with van der Waals surface area (Å²) in [6.07, 6.45) is 2.78. The van der Waals surface area contributed by atoms with E-state index in [-0.39, 0.29) is 19.4 Å². The number of aliphatic hydroxyl groups excluding tert-OH is 1. The second-order valence-electron chi connectivity index (χ2n) is 7.02. The van der Waals surface area contributed by atoms with Crippen LogP contribution >= 0.6 is 0 Å². The van der Waals surface area contributed by atoms with Gasteiger partial charge < -0.3 is 42.6 Å². The molecule has 0 saturated heterocycles. The Bertz CT molecular complexity index is 725. The second kappa shape index (κ2) is 13.3. The first-order chi connectivity index (χ1) is 14.7. The molecule has 0 spiro atoms. The quantitative estimate of drug-likeness (QED) is 0.137. The van der Waals surface area contributed by atoms with Crippen molar-refractivity contribution in [3.8, 4) is 0 Å². The number of hydrogen-bond donors (Lipinski definition) is 8. The van der Waals surface area contributed by atoms with Crippen LogP contribution in [0.15, 0.2) is 12.5 Å². The molecule has 31 heavy (non-hydrogen) atoms. The van der Waals surface area contributed by atoms with E-state index in [1.807, 2.05) is 0 Å². The molecule has 4 atom stereocenters. The van der Waals surface area contributed by atoms with Gasteiger partial charge in [0, 0.05) is 18.3 Å². The number of aliphatic carboxylic acids is 1. The lowest BCUT2D eigenvalue weighted by atomic mass is 10.1. The van der Waals surface area contributed by atoms with Crippen LogP contribution in [0.2, 0.25) is 0 Å². The molecule has 0 aliphatic carbocycles. The molecule has 1 aromatic heterocycles. The van der Waals surface area contributed by atoms with E-state index < -0.39 is 47.9 Å². The Morgan fingerprint density at radius 3 is 2.32 bits per heavy atom. The van der Waals surface area contributed by atoms with Crippen molar-refractivity contribution in [3.63, 3.8) is 0 Å². The number of nitrogens with zero attached hydrogens (tertiary/aromatic N) is 1. The van der Waals surface area contributed by atoms with Crippen LogP contribution in [-0.2, 0) is 25.6 Å². The zero-order valence-corrected chi connectivity index (χ0v) is 17.3. The van der Waals surface area contributed by atoms with Gasteiger partial charge in [-0.3, -0.25) is 14.4 Å². The molecule has 0 aromatic carbocycles. The molecule has 13 heteroatoms. The van der Waals surface area contributed by atoms with Gasteiger partial charge in [-0.2, -0.15) is 0 Å². The third-order valence-electron chi connectivity index (χ3n) is 4.44. The van der Waals surface area contributed by atoms with E-state index in [9.17, 15) is 29.4 Å². The summed E-state index contributed by atoms with van der Waals surface area (Å²) in [5, 5.41) is 26.4. The average molecular weight is 441 g/mol. The van der Waals surface area contributed by atoms with Crippen LogP contribution in [0.3, 0.4) is 0 Å². The Morgan fingerprint density at radius 2 is 1.81 bits per heavy atom. The normalized spacial score (nSPS) is 14.7. The smallest absolute Gasteiger partial charge is 0.326 e. The van der Waals surface area contributed by atoms with Crippen molar-refractivity contribution in [2.45, 2.75) is 56.8 Å². The van der Waals surface area contributed by atoms with Gasteiger partial charge in [-0.1, -0.05) is 0 Å². The van der Waals surface area contributed by atoms with Crippen molar-refractivity contribution in [2.75, 3.05) is 13.1 Å². The maximum atomic E-state index is 12.7. The minimum atomic E-state index is -1.44. The summed E-state index contributed by atoms with van der Waals surface area (Å²) in [6, 6.07) is -3.75. The van der Waals surface area contributed by atoms with Crippen molar-refractivity contribution in [1.82, 2.24) is 25.9 Å². The number of aromatic nitrogens is 2. The largest absolute Gasteiger partial charge is 0.480 e. The standard InChI is InChI=1S/C18H31N7O6/c1-10(26)15(17(29)24-12(18(30)31)4-2-3-5-19)25-16(28)13(23-14(27)7-20)6-11-8-21-9-22-11/h8-10,12-13,15,26H,2-7,19-20H2,1H3,(H,21,22)(H,23,27)(H,24,29)(H,25,28)(H,30,31). The lowest BCUT2D eigenvalue weighted by Crippen LogP contribution is -2.59. The fourth-order valence-corrected chi connectivity index (χ4v) is 2.75. The third kappa shape index (κ3) is 9.11. The number of nitrogens with one attached hydrogen (secondary N) is 4. The Morgan fingerprint density at radius 1 is 1.10 bits per heavy atom. The lowest BCUT2D eigenvalue weighted by Gasteiger charge is -2.26. The highest BCUT2D eigenvalue weighted by atomic mass is 16.4. The number of imidazole rings is 1. The SMILES string of the molecule is CC(O)C(NC(=O)C(Cc1cnc[nH]1)NC(=O)CN)C(=O)NC(CCCCN)C(=O)O. The van der Waals surface area contributed by atoms with Crippen molar-refractivity contribution in [3.05, 3.63) is 18.2 Å². The van der Waals surface area contributed by atoms with Gasteiger partial charge in [-0.15, -0.1) is 0 Å². The number of amides is 3. The minimum absolute atomic E-state index is 0.0303. The molecule has 0 fully saturated rings. The third-order valence-corrected chi connectivity index (χ3v) is 4.44. The number of unbranched alkanes of at least 4 members (excludes halogenated alkanes) is 1. The topological polar surface area (TPSA) is 226 Å². The van der Waals surface area contributed by atoms with Crippen molar-refractivity contribution < 1.29 is 29.4 Å². The minimum Gasteiger partial charge on any atom is -0.480 e. The van der Waals surface area contributed by atoms with Gasteiger partial charge in [0.25, 0.3) is 0 Å². The lowest BCUT2D eigenvalue weighted by molar-refractivity contribution is -0.143. The molecular formula is C18H31N7O6. The molecule has 13 nitrogen and oxygen atoms in total. The van der Waals surface area contributed by atoms with Gasteiger partial charge in [0.1, 0.15) is 18.1 Å². The maximum absolute atomic E-state index is 12.7. The molecule has 1 heterocycles. The van der Waals surface area contributed by atoms with Crippen LogP contribution in [0.4, 0.5) is 0 Å². The summed E-state index contributed by atoms with van der Waals surface area (Å²) in [7, 11) is 0. The molecule has 10 N–H and O–H groups in total. The van der Waals surface area contributed by atoms with Crippen molar-refractivity contribution >= 4 is 23.7 Å². The predicted molar refractivity (Wildman–Crippen MR) is 109 cm³/mol. The van der Waals surface area contributed by atoms with E-state index in [2.05, 4.69) is 25.9 Å². The van der Waals surface area contributed by atoms with Crippen LogP contribution < -0.4 is 27.4 Å². The first kappa shape index (κ1) is 26.0. The summed E-state index contributed by atoms with van der Waals surface area (Å²) < 4.78 is 0. The van der Waals surface area contributed by atoms with E-state index >= 15 is 0 Å². The monoisotopic (exact) mass is 441 g/mol. The van der Waals surface area contributed by atoms with Crippen molar-refractivity contribution in [1.29, 1.82) is 0 Å². The molecule has 0 aliphatic rings. The van der Waals surface area contributed by atoms with Crippen LogP contribution in [0.5, 0.6) is 0 Å². The molecule has 0 bridgehead atoms. The number of carboxylic acid groups (broad SMARTS) is 1. The molecule has 4 unspecified atom stereocenters. The number of carbonyl (C=O) groups is 4. The van der Waals surface area contributed by atoms with E-state index in [0.29, 0.717) is 25.1 Å². The fourth-order valence-electron chi connectivity index (χ4n) is 2.75. The number of rotatable bonds is 14. The number of H-pyrrole nitrogens is 1. The van der Waals surface area contributed by atoms with Crippen LogP contribution in [0, 0.1) is 0 Å². The average Bonchev–Trinajstić information content (AvgIpc) is 3.23. The second-order valence-corrected chi connectivity index (χ2v) is 7.02. The summed E-state index contributed by atoms with van der Waals surface area (Å²) in [4.78, 5) is 55.1. The Hall–Kier alpha value is -3.03. The van der Waals surface area contributed by atoms with Gasteiger partial charge in [-0.25, -0.2) is 9.78 Å². The molecule has 3 amide bonds. The first-order valence-electron chi connectivity index (χ1n) is 9.87. The van der Waals surface area contributed by atoms with Gasteiger partial charge >= 0.3 is 5.97 Å². The summed E-state index contributed by atoms with van der Waals surface area (Å²) in [5.41, 5.74) is 11.2. The molecule has 174 valence electrons. The number of hydrogen-bond acceptors (Lipinski definition) is 8. The highest BCUT2D eigenvalue weighted by Gasteiger charge is 2.32. The Kier molecular flexibility index (Phi) is 11.2. The Labute approximate surface area is 179 Å². The molecule has 0 saturated carbocycles. The zero-order valence-electron chi connectivity index (χ0n) is 17.3.